The molecule has 0 aromatic heterocycles. The molecule has 0 radical (unpaired) electrons. The number of thiol groups is 1. The number of anilines is 1. The second-order valence-electron chi connectivity index (χ2n) is 6.60. The topological polar surface area (TPSA) is 69.6 Å². The van der Waals surface area contributed by atoms with Gasteiger partial charge in [-0.2, -0.15) is 24.4 Å². The molecule has 0 aliphatic heterocycles. The van der Waals surface area contributed by atoms with E-state index in [9.17, 15) is 14.7 Å². The number of carbonyl (C=O) groups excluding carboxylic acids is 1. The summed E-state index contributed by atoms with van der Waals surface area (Å²) >= 11 is 5.64. The van der Waals surface area contributed by atoms with Crippen LogP contribution in [0.1, 0.15) is 26.3 Å². The fourth-order valence-electron chi connectivity index (χ4n) is 1.92. The van der Waals surface area contributed by atoms with E-state index in [-0.39, 0.29) is 5.91 Å². The molecular formula is C18H28N2O3S2. The quantitative estimate of drug-likeness (QED) is 0.541. The van der Waals surface area contributed by atoms with E-state index in [4.69, 9.17) is 0 Å². The van der Waals surface area contributed by atoms with Gasteiger partial charge in [0.2, 0.25) is 5.91 Å². The third-order valence-corrected chi connectivity index (χ3v) is 5.92. The normalized spacial score (nSPS) is 12.5. The molecule has 0 bridgehead atoms. The van der Waals surface area contributed by atoms with Crippen molar-refractivity contribution in [2.75, 3.05) is 30.0 Å². The van der Waals surface area contributed by atoms with Gasteiger partial charge in [0.05, 0.1) is 5.41 Å². The molecule has 1 aromatic rings. The van der Waals surface area contributed by atoms with Crippen molar-refractivity contribution in [2.45, 2.75) is 32.6 Å². The monoisotopic (exact) mass is 384 g/mol. The number of nitrogens with one attached hydrogen (secondary N) is 1. The molecule has 1 amide bonds. The highest BCUT2D eigenvalue weighted by molar-refractivity contribution is 7.98. The molecule has 1 aromatic carbocycles. The van der Waals surface area contributed by atoms with E-state index in [0.717, 1.165) is 17.8 Å². The average molecular weight is 385 g/mol. The smallest absolute Gasteiger partial charge is 0.327 e. The number of aliphatic carboxylic acids is 1. The van der Waals surface area contributed by atoms with E-state index in [1.54, 1.807) is 13.8 Å². The van der Waals surface area contributed by atoms with Gasteiger partial charge >= 0.3 is 5.97 Å². The third kappa shape index (κ3) is 6.82. The summed E-state index contributed by atoms with van der Waals surface area (Å²) in [5, 5.41) is 11.9. The highest BCUT2D eigenvalue weighted by atomic mass is 32.2. The molecule has 0 saturated heterocycles. The number of hydrogen-bond donors (Lipinski definition) is 3. The summed E-state index contributed by atoms with van der Waals surface area (Å²) in [6.45, 7) is 6.53. The second kappa shape index (κ2) is 9.97. The van der Waals surface area contributed by atoms with Gasteiger partial charge < -0.3 is 15.3 Å². The maximum Gasteiger partial charge on any atom is 0.327 e. The van der Waals surface area contributed by atoms with Gasteiger partial charge in [-0.3, -0.25) is 4.79 Å². The van der Waals surface area contributed by atoms with Gasteiger partial charge in [-0.15, -0.1) is 0 Å². The molecule has 1 rings (SSSR count). The minimum atomic E-state index is -1.02. The zero-order chi connectivity index (χ0) is 19.0. The van der Waals surface area contributed by atoms with E-state index in [1.165, 1.54) is 11.8 Å². The molecule has 1 atom stereocenters. The van der Waals surface area contributed by atoms with Gasteiger partial charge in [-0.1, -0.05) is 26.0 Å². The summed E-state index contributed by atoms with van der Waals surface area (Å²) in [7, 11) is 2.04. The Morgan fingerprint density at radius 3 is 2.40 bits per heavy atom. The largest absolute Gasteiger partial charge is 0.480 e. The Morgan fingerprint density at radius 1 is 1.32 bits per heavy atom. The van der Waals surface area contributed by atoms with E-state index in [1.807, 2.05) is 19.2 Å². The predicted octanol–water partition coefficient (Wildman–Crippen LogP) is 2.90. The molecule has 7 heteroatoms. The number of benzene rings is 1. The predicted molar refractivity (Wildman–Crippen MR) is 109 cm³/mol. The zero-order valence-electron chi connectivity index (χ0n) is 15.3. The summed E-state index contributed by atoms with van der Waals surface area (Å²) in [6.07, 6.45) is 0. The molecule has 25 heavy (non-hydrogen) atoms. The summed E-state index contributed by atoms with van der Waals surface area (Å²) in [6, 6.07) is 7.32. The number of carboxylic acid groups (broad SMARTS) is 1. The highest BCUT2D eigenvalue weighted by Gasteiger charge is 2.30. The molecule has 140 valence electrons. The lowest BCUT2D eigenvalue weighted by atomic mass is 9.95. The molecule has 2 N–H and O–H groups in total. The van der Waals surface area contributed by atoms with Crippen molar-refractivity contribution in [3.63, 3.8) is 0 Å². The number of carbonyl (C=O) groups is 2. The van der Waals surface area contributed by atoms with Crippen LogP contribution in [-0.2, 0) is 15.3 Å². The Labute approximate surface area is 160 Å². The molecule has 0 heterocycles. The van der Waals surface area contributed by atoms with Crippen LogP contribution in [0.2, 0.25) is 0 Å². The Hall–Kier alpha value is -1.34. The van der Waals surface area contributed by atoms with Gasteiger partial charge in [-0.25, -0.2) is 4.79 Å². The van der Waals surface area contributed by atoms with Gasteiger partial charge in [0, 0.05) is 36.5 Å². The molecule has 5 nitrogen and oxygen atoms in total. The van der Waals surface area contributed by atoms with Crippen molar-refractivity contribution in [3.05, 3.63) is 29.8 Å². The first-order valence-corrected chi connectivity index (χ1v) is 10.0. The number of hydrogen-bond acceptors (Lipinski definition) is 5. The van der Waals surface area contributed by atoms with Gasteiger partial charge in [0.1, 0.15) is 6.04 Å². The minimum absolute atomic E-state index is 0.289. The molecule has 0 spiro atoms. The van der Waals surface area contributed by atoms with Crippen LogP contribution < -0.4 is 10.2 Å². The lowest BCUT2D eigenvalue weighted by molar-refractivity contribution is -0.142. The first-order chi connectivity index (χ1) is 11.7. The van der Waals surface area contributed by atoms with Crippen LogP contribution in [-0.4, -0.2) is 48.1 Å². The van der Waals surface area contributed by atoms with Gasteiger partial charge in [0.15, 0.2) is 0 Å². The summed E-state index contributed by atoms with van der Waals surface area (Å²) in [4.78, 5) is 25.7. The van der Waals surface area contributed by atoms with E-state index in [2.05, 4.69) is 41.9 Å². The Kier molecular flexibility index (Phi) is 8.65. The highest BCUT2D eigenvalue weighted by Crippen LogP contribution is 2.20. The number of amides is 1. The Balaban J connectivity index is 2.56. The SMILES string of the molecule is CCN(C)c1ccc(CSCC(NC(=O)C(C)(C)CS)C(=O)O)cc1. The molecule has 0 aliphatic rings. The molecule has 0 saturated carbocycles. The van der Waals surface area contributed by atoms with Crippen LogP contribution in [0.25, 0.3) is 0 Å². The average Bonchev–Trinajstić information content (AvgIpc) is 2.60. The van der Waals surface area contributed by atoms with Crippen LogP contribution in [0, 0.1) is 5.41 Å². The molecule has 1 unspecified atom stereocenters. The van der Waals surface area contributed by atoms with Gasteiger partial charge in [-0.05, 0) is 24.6 Å². The molecule has 0 fully saturated rings. The lowest BCUT2D eigenvalue weighted by Crippen LogP contribution is -2.48. The fourth-order valence-corrected chi connectivity index (χ4v) is 3.08. The maximum atomic E-state index is 12.1. The van der Waals surface area contributed by atoms with Crippen molar-refractivity contribution in [1.82, 2.24) is 5.32 Å². The van der Waals surface area contributed by atoms with Crippen molar-refractivity contribution in [1.29, 1.82) is 0 Å². The summed E-state index contributed by atoms with van der Waals surface area (Å²) < 4.78 is 0. The Bertz CT molecular complexity index is 576. The number of rotatable bonds is 10. The first kappa shape index (κ1) is 21.7. The van der Waals surface area contributed by atoms with Crippen LogP contribution >= 0.6 is 24.4 Å². The van der Waals surface area contributed by atoms with Crippen LogP contribution in [0.5, 0.6) is 0 Å². The standard InChI is InChI=1S/C18H28N2O3S2/c1-5-20(4)14-8-6-13(7-9-14)10-25-11-15(16(21)22)19-17(23)18(2,3)12-24/h6-9,15,24H,5,10-12H2,1-4H3,(H,19,23)(H,21,22). The fraction of sp³-hybridized carbons (Fsp3) is 0.556. The minimum Gasteiger partial charge on any atom is -0.480 e. The lowest BCUT2D eigenvalue weighted by Gasteiger charge is -2.24. The maximum absolute atomic E-state index is 12.1. The van der Waals surface area contributed by atoms with Crippen molar-refractivity contribution in [3.8, 4) is 0 Å². The summed E-state index contributed by atoms with van der Waals surface area (Å²) in [5.41, 5.74) is 1.59. The number of nitrogens with zero attached hydrogens (tertiary/aromatic N) is 1. The zero-order valence-corrected chi connectivity index (χ0v) is 17.0. The number of carboxylic acids is 1. The van der Waals surface area contributed by atoms with E-state index in [0.29, 0.717) is 17.3 Å². The van der Waals surface area contributed by atoms with Crippen LogP contribution in [0.3, 0.4) is 0 Å². The number of thioether (sulfide) groups is 1. The van der Waals surface area contributed by atoms with E-state index < -0.39 is 17.4 Å². The summed E-state index contributed by atoms with van der Waals surface area (Å²) in [5.74, 6) is 0.0707. The van der Waals surface area contributed by atoms with Crippen LogP contribution in [0.15, 0.2) is 24.3 Å². The van der Waals surface area contributed by atoms with E-state index >= 15 is 0 Å². The van der Waals surface area contributed by atoms with Crippen molar-refractivity contribution >= 4 is 42.0 Å². The Morgan fingerprint density at radius 2 is 1.92 bits per heavy atom. The molecular weight excluding hydrogens is 356 g/mol. The van der Waals surface area contributed by atoms with Crippen molar-refractivity contribution < 1.29 is 14.7 Å². The third-order valence-electron chi connectivity index (χ3n) is 4.02. The molecule has 0 aliphatic carbocycles. The van der Waals surface area contributed by atoms with Crippen molar-refractivity contribution in [2.24, 2.45) is 5.41 Å². The van der Waals surface area contributed by atoms with Gasteiger partial charge in [0.25, 0.3) is 0 Å². The first-order valence-electron chi connectivity index (χ1n) is 8.23. The van der Waals surface area contributed by atoms with Crippen LogP contribution in [0.4, 0.5) is 5.69 Å². The second-order valence-corrected chi connectivity index (χ2v) is 7.95.